The van der Waals surface area contributed by atoms with Crippen molar-refractivity contribution in [1.82, 2.24) is 0 Å². The minimum absolute atomic E-state index is 0.784. The molecule has 0 bridgehead atoms. The lowest BCUT2D eigenvalue weighted by molar-refractivity contribution is 0.662. The summed E-state index contributed by atoms with van der Waals surface area (Å²) in [4.78, 5) is 2.32. The van der Waals surface area contributed by atoms with Crippen LogP contribution in [0.15, 0.2) is 226 Å². The first-order chi connectivity index (χ1) is 32.2. The molecule has 0 fully saturated rings. The van der Waals surface area contributed by atoms with Crippen molar-refractivity contribution in [2.24, 2.45) is 0 Å². The first-order valence-corrected chi connectivity index (χ1v) is 22.7. The van der Waals surface area contributed by atoms with E-state index in [2.05, 4.69) is 193 Å². The molecule has 0 saturated carbocycles. The standard InChI is InChI=1S/C60H35NO3S/c1-2-12-36(13-3-1)37-24-28-39(29-25-37)61(40-30-26-38(27-31-40)42-17-10-19-47-45-15-6-9-23-55(45)65-60(42)47)41-32-33-44-50-35-54-56(48-16-5-8-22-52(48)62-54)57(59(50)64-53(44)34-41)49-20-11-18-46-43-14-4-7-21-51(43)63-58(46)49/h1-35H. The van der Waals surface area contributed by atoms with Gasteiger partial charge in [-0.05, 0) is 82.9 Å². The van der Waals surface area contributed by atoms with Crippen molar-refractivity contribution in [3.8, 4) is 33.4 Å². The molecule has 0 aliphatic heterocycles. The van der Waals surface area contributed by atoms with Gasteiger partial charge in [0.15, 0.2) is 0 Å². The Morgan fingerprint density at radius 2 is 0.908 bits per heavy atom. The van der Waals surface area contributed by atoms with Gasteiger partial charge in [-0.25, -0.2) is 0 Å². The van der Waals surface area contributed by atoms with Crippen LogP contribution >= 0.6 is 11.3 Å². The molecule has 0 aliphatic rings. The molecule has 0 atom stereocenters. The predicted octanol–water partition coefficient (Wildman–Crippen LogP) is 18.2. The zero-order valence-corrected chi connectivity index (χ0v) is 35.6. The van der Waals surface area contributed by atoms with E-state index in [0.29, 0.717) is 0 Å². The van der Waals surface area contributed by atoms with Crippen LogP contribution in [0.5, 0.6) is 0 Å². The Bertz CT molecular complexity index is 4170. The van der Waals surface area contributed by atoms with Gasteiger partial charge in [-0.1, -0.05) is 146 Å². The molecule has 14 aromatic rings. The third kappa shape index (κ3) is 5.56. The average molecular weight is 850 g/mol. The van der Waals surface area contributed by atoms with Gasteiger partial charge in [0.1, 0.15) is 33.5 Å². The molecule has 0 aliphatic carbocycles. The van der Waals surface area contributed by atoms with Crippen LogP contribution in [-0.2, 0) is 0 Å². The second-order valence-electron chi connectivity index (χ2n) is 16.7. The average Bonchev–Trinajstić information content (AvgIpc) is 4.14. The predicted molar refractivity (Wildman–Crippen MR) is 272 cm³/mol. The van der Waals surface area contributed by atoms with Crippen molar-refractivity contribution in [2.45, 2.75) is 0 Å². The molecule has 0 spiro atoms. The molecule has 0 unspecified atom stereocenters. The maximum atomic E-state index is 7.16. The second-order valence-corrected chi connectivity index (χ2v) is 17.8. The minimum Gasteiger partial charge on any atom is -0.456 e. The van der Waals surface area contributed by atoms with Crippen LogP contribution < -0.4 is 4.90 Å². The Balaban J connectivity index is 0.961. The molecule has 5 heteroatoms. The van der Waals surface area contributed by atoms with E-state index in [-0.39, 0.29) is 0 Å². The van der Waals surface area contributed by atoms with Crippen molar-refractivity contribution >= 4 is 114 Å². The van der Waals surface area contributed by atoms with Gasteiger partial charge in [0.25, 0.3) is 0 Å². The van der Waals surface area contributed by atoms with Gasteiger partial charge >= 0.3 is 0 Å². The van der Waals surface area contributed by atoms with E-state index in [1.807, 2.05) is 35.6 Å². The lowest BCUT2D eigenvalue weighted by Gasteiger charge is -2.26. The highest BCUT2D eigenvalue weighted by Crippen LogP contribution is 2.49. The Morgan fingerprint density at radius 3 is 1.71 bits per heavy atom. The summed E-state index contributed by atoms with van der Waals surface area (Å²) < 4.78 is 23.1. The number of furan rings is 3. The first kappa shape index (κ1) is 36.1. The van der Waals surface area contributed by atoms with Gasteiger partial charge in [-0.2, -0.15) is 0 Å². The summed E-state index contributed by atoms with van der Waals surface area (Å²) in [5.74, 6) is 0. The molecule has 4 nitrogen and oxygen atoms in total. The Hall–Kier alpha value is -8.38. The quantitative estimate of drug-likeness (QED) is 0.167. The van der Waals surface area contributed by atoms with E-state index >= 15 is 0 Å². The van der Waals surface area contributed by atoms with E-state index in [4.69, 9.17) is 13.3 Å². The SMILES string of the molecule is c1ccc(-c2ccc(N(c3ccc(-c4cccc5c4sc4ccccc45)cc3)c3ccc4c(c3)oc3c(-c5cccc6c5oc5ccccc56)c5c(cc34)oc3ccccc35)cc2)cc1. The molecule has 0 N–H and O–H groups in total. The summed E-state index contributed by atoms with van der Waals surface area (Å²) in [6.07, 6.45) is 0. The summed E-state index contributed by atoms with van der Waals surface area (Å²) >= 11 is 1.86. The smallest absolute Gasteiger partial charge is 0.144 e. The molecule has 0 radical (unpaired) electrons. The molecule has 65 heavy (non-hydrogen) atoms. The van der Waals surface area contributed by atoms with Crippen molar-refractivity contribution in [3.63, 3.8) is 0 Å². The Morgan fingerprint density at radius 1 is 0.323 bits per heavy atom. The van der Waals surface area contributed by atoms with Gasteiger partial charge in [0, 0.05) is 86.7 Å². The summed E-state index contributed by atoms with van der Waals surface area (Å²) in [7, 11) is 0. The first-order valence-electron chi connectivity index (χ1n) is 21.9. The molecule has 304 valence electrons. The van der Waals surface area contributed by atoms with Crippen LogP contribution in [0.3, 0.4) is 0 Å². The molecule has 4 aromatic heterocycles. The lowest BCUT2D eigenvalue weighted by Crippen LogP contribution is -2.09. The molecule has 10 aromatic carbocycles. The number of benzene rings is 10. The van der Waals surface area contributed by atoms with E-state index in [1.165, 1.54) is 36.9 Å². The maximum absolute atomic E-state index is 7.16. The fourth-order valence-electron chi connectivity index (χ4n) is 10.1. The van der Waals surface area contributed by atoms with Crippen molar-refractivity contribution in [1.29, 1.82) is 0 Å². The molecular formula is C60H35NO3S. The number of nitrogens with zero attached hydrogens (tertiary/aromatic N) is 1. The highest BCUT2D eigenvalue weighted by atomic mass is 32.1. The molecule has 0 saturated heterocycles. The van der Waals surface area contributed by atoms with Crippen LogP contribution in [0.25, 0.3) is 119 Å². The molecule has 14 rings (SSSR count). The summed E-state index contributed by atoms with van der Waals surface area (Å²) in [5, 5.41) is 8.78. The normalized spacial score (nSPS) is 12.0. The minimum atomic E-state index is 0.784. The zero-order valence-electron chi connectivity index (χ0n) is 34.8. The van der Waals surface area contributed by atoms with Crippen LogP contribution in [-0.4, -0.2) is 0 Å². The van der Waals surface area contributed by atoms with Gasteiger partial charge in [0.2, 0.25) is 0 Å². The van der Waals surface area contributed by atoms with Crippen molar-refractivity contribution in [2.75, 3.05) is 4.90 Å². The van der Waals surface area contributed by atoms with Gasteiger partial charge in [-0.3, -0.25) is 0 Å². The summed E-state index contributed by atoms with van der Waals surface area (Å²) in [6.45, 7) is 0. The molecule has 0 amide bonds. The molecular weight excluding hydrogens is 815 g/mol. The number of anilines is 3. The Kier molecular flexibility index (Phi) is 7.82. The third-order valence-corrected chi connectivity index (χ3v) is 14.3. The number of thiophene rings is 1. The van der Waals surface area contributed by atoms with Gasteiger partial charge in [-0.15, -0.1) is 11.3 Å². The van der Waals surface area contributed by atoms with Gasteiger partial charge < -0.3 is 18.2 Å². The monoisotopic (exact) mass is 849 g/mol. The number of para-hydroxylation sites is 3. The number of rotatable bonds is 6. The lowest BCUT2D eigenvalue weighted by atomic mass is 9.95. The molecule has 4 heterocycles. The highest BCUT2D eigenvalue weighted by molar-refractivity contribution is 7.26. The number of fused-ring (bicyclic) bond motifs is 12. The third-order valence-electron chi connectivity index (χ3n) is 13.1. The topological polar surface area (TPSA) is 42.7 Å². The van der Waals surface area contributed by atoms with Crippen molar-refractivity contribution < 1.29 is 13.3 Å². The van der Waals surface area contributed by atoms with E-state index in [1.54, 1.807) is 0 Å². The number of hydrogen-bond donors (Lipinski definition) is 0. The van der Waals surface area contributed by atoms with Crippen LogP contribution in [0.4, 0.5) is 17.1 Å². The van der Waals surface area contributed by atoms with Crippen LogP contribution in [0.1, 0.15) is 0 Å². The highest BCUT2D eigenvalue weighted by Gasteiger charge is 2.25. The largest absolute Gasteiger partial charge is 0.456 e. The Labute approximate surface area is 376 Å². The fraction of sp³-hybridized carbons (Fsp3) is 0. The van der Waals surface area contributed by atoms with E-state index in [9.17, 15) is 0 Å². The van der Waals surface area contributed by atoms with Gasteiger partial charge in [0.05, 0.1) is 0 Å². The zero-order chi connectivity index (χ0) is 42.6. The maximum Gasteiger partial charge on any atom is 0.144 e. The van der Waals surface area contributed by atoms with Crippen LogP contribution in [0.2, 0.25) is 0 Å². The number of hydrogen-bond acceptors (Lipinski definition) is 5. The second kappa shape index (κ2) is 14.1. The fourth-order valence-corrected chi connectivity index (χ4v) is 11.3. The van der Waals surface area contributed by atoms with E-state index in [0.717, 1.165) is 99.6 Å². The summed E-state index contributed by atoms with van der Waals surface area (Å²) in [5.41, 5.74) is 14.7. The summed E-state index contributed by atoms with van der Waals surface area (Å²) in [6, 6.07) is 75.3. The van der Waals surface area contributed by atoms with Crippen LogP contribution in [0, 0.1) is 0 Å². The van der Waals surface area contributed by atoms with E-state index < -0.39 is 0 Å². The van der Waals surface area contributed by atoms with Crippen molar-refractivity contribution in [3.05, 3.63) is 212 Å².